The van der Waals surface area contributed by atoms with Crippen LogP contribution in [0.15, 0.2) is 59.8 Å². The minimum Gasteiger partial charge on any atom is -0.378 e. The van der Waals surface area contributed by atoms with E-state index in [0.29, 0.717) is 23.3 Å². The van der Waals surface area contributed by atoms with E-state index >= 15 is 0 Å². The first-order chi connectivity index (χ1) is 15.1. The van der Waals surface area contributed by atoms with Gasteiger partial charge in [-0.3, -0.25) is 4.79 Å². The van der Waals surface area contributed by atoms with Crippen LogP contribution in [0.1, 0.15) is 5.56 Å². The molecule has 158 valence electrons. The Morgan fingerprint density at radius 2 is 2.00 bits per heavy atom. The summed E-state index contributed by atoms with van der Waals surface area (Å²) in [4.78, 5) is 22.8. The number of nitrogens with zero attached hydrogens (tertiary/aromatic N) is 3. The average molecular weight is 530 g/mol. The van der Waals surface area contributed by atoms with E-state index in [1.54, 1.807) is 29.0 Å². The zero-order chi connectivity index (χ0) is 21.4. The Kier molecular flexibility index (Phi) is 5.49. The molecule has 5 rings (SSSR count). The Bertz CT molecular complexity index is 1310. The van der Waals surface area contributed by atoms with Crippen molar-refractivity contribution in [1.82, 2.24) is 14.5 Å². The normalized spacial score (nSPS) is 14.3. The third-order valence-electron chi connectivity index (χ3n) is 5.54. The maximum atomic E-state index is 13.5. The molecule has 0 atom stereocenters. The van der Waals surface area contributed by atoms with Crippen molar-refractivity contribution < 1.29 is 9.13 Å². The van der Waals surface area contributed by atoms with E-state index < -0.39 is 0 Å². The lowest BCUT2D eigenvalue weighted by Crippen LogP contribution is -2.36. The number of H-pyrrole nitrogens is 1. The number of aromatic nitrogens is 3. The van der Waals surface area contributed by atoms with E-state index in [2.05, 4.69) is 20.9 Å². The van der Waals surface area contributed by atoms with E-state index in [9.17, 15) is 9.18 Å². The number of ether oxygens (including phenoxy) is 1. The van der Waals surface area contributed by atoms with Gasteiger partial charge in [0.05, 0.1) is 31.6 Å². The van der Waals surface area contributed by atoms with Crippen LogP contribution in [0.25, 0.3) is 22.2 Å². The van der Waals surface area contributed by atoms with Crippen LogP contribution >= 0.6 is 22.6 Å². The zero-order valence-electron chi connectivity index (χ0n) is 16.6. The SMILES string of the molecule is O=c1cc(-c2c[nH]c3ncc(N4CCOCC4)cc23)ccn1Cc1ccc(F)c(I)c1. The number of morpholine rings is 1. The van der Waals surface area contributed by atoms with Gasteiger partial charge < -0.3 is 19.2 Å². The summed E-state index contributed by atoms with van der Waals surface area (Å²) >= 11 is 1.96. The predicted molar refractivity (Wildman–Crippen MR) is 127 cm³/mol. The summed E-state index contributed by atoms with van der Waals surface area (Å²) in [6.07, 6.45) is 5.55. The average Bonchev–Trinajstić information content (AvgIpc) is 3.21. The molecule has 1 aliphatic rings. The molecule has 0 bridgehead atoms. The maximum Gasteiger partial charge on any atom is 0.251 e. The molecule has 4 heterocycles. The molecule has 4 aromatic rings. The second-order valence-corrected chi connectivity index (χ2v) is 8.68. The number of anilines is 1. The van der Waals surface area contributed by atoms with Crippen LogP contribution in [0.3, 0.4) is 0 Å². The van der Waals surface area contributed by atoms with E-state index in [0.717, 1.165) is 46.5 Å². The van der Waals surface area contributed by atoms with Crippen LogP contribution in [0.5, 0.6) is 0 Å². The summed E-state index contributed by atoms with van der Waals surface area (Å²) in [5.41, 5.74) is 4.39. The molecule has 0 spiro atoms. The van der Waals surface area contributed by atoms with Gasteiger partial charge in [-0.15, -0.1) is 0 Å². The van der Waals surface area contributed by atoms with E-state index in [-0.39, 0.29) is 11.4 Å². The Hall–Kier alpha value is -2.72. The van der Waals surface area contributed by atoms with Crippen molar-refractivity contribution in [3.63, 3.8) is 0 Å². The van der Waals surface area contributed by atoms with Gasteiger partial charge >= 0.3 is 0 Å². The van der Waals surface area contributed by atoms with Crippen molar-refractivity contribution in [2.45, 2.75) is 6.54 Å². The van der Waals surface area contributed by atoms with Gasteiger partial charge in [-0.2, -0.15) is 0 Å². The van der Waals surface area contributed by atoms with E-state index in [4.69, 9.17) is 4.74 Å². The molecular weight excluding hydrogens is 510 g/mol. The molecule has 1 saturated heterocycles. The molecule has 6 nitrogen and oxygen atoms in total. The van der Waals surface area contributed by atoms with Crippen molar-refractivity contribution in [2.24, 2.45) is 0 Å². The fraction of sp³-hybridized carbons (Fsp3) is 0.217. The van der Waals surface area contributed by atoms with Gasteiger partial charge in [0.1, 0.15) is 11.5 Å². The Labute approximate surface area is 191 Å². The van der Waals surface area contributed by atoms with Gasteiger partial charge in [-0.1, -0.05) is 6.07 Å². The number of benzene rings is 1. The van der Waals surface area contributed by atoms with Gasteiger partial charge in [-0.05, 0) is 58.0 Å². The van der Waals surface area contributed by atoms with E-state index in [1.165, 1.54) is 6.07 Å². The Morgan fingerprint density at radius 1 is 1.16 bits per heavy atom. The minimum absolute atomic E-state index is 0.108. The van der Waals surface area contributed by atoms with E-state index in [1.807, 2.05) is 41.1 Å². The smallest absolute Gasteiger partial charge is 0.251 e. The number of hydrogen-bond acceptors (Lipinski definition) is 4. The highest BCUT2D eigenvalue weighted by Crippen LogP contribution is 2.30. The molecule has 8 heteroatoms. The third-order valence-corrected chi connectivity index (χ3v) is 6.36. The molecule has 0 saturated carbocycles. The largest absolute Gasteiger partial charge is 0.378 e. The van der Waals surface area contributed by atoms with Gasteiger partial charge in [-0.25, -0.2) is 9.37 Å². The van der Waals surface area contributed by atoms with Gasteiger partial charge in [0, 0.05) is 46.1 Å². The predicted octanol–water partition coefficient (Wildman–Crippen LogP) is 4.02. The van der Waals surface area contributed by atoms with Crippen molar-refractivity contribution in [3.05, 3.63) is 80.3 Å². The number of hydrogen-bond donors (Lipinski definition) is 1. The first-order valence-electron chi connectivity index (χ1n) is 10.0. The summed E-state index contributed by atoms with van der Waals surface area (Å²) in [6.45, 7) is 3.50. The van der Waals surface area contributed by atoms with Crippen molar-refractivity contribution in [2.75, 3.05) is 31.2 Å². The third kappa shape index (κ3) is 4.09. The summed E-state index contributed by atoms with van der Waals surface area (Å²) in [7, 11) is 0. The first-order valence-corrected chi connectivity index (χ1v) is 11.1. The standard InChI is InChI=1S/C23H20FIN4O2/c24-20-2-1-15(9-21(20)25)14-29-4-3-16(10-22(29)30)19-13-27-23-18(19)11-17(12-26-23)28-5-7-31-8-6-28/h1-4,9-13H,5-8,14H2,(H,26,27). The van der Waals surface area contributed by atoms with Gasteiger partial charge in [0.2, 0.25) is 0 Å². The molecule has 0 amide bonds. The molecule has 1 N–H and O–H groups in total. The Morgan fingerprint density at radius 3 is 2.77 bits per heavy atom. The van der Waals surface area contributed by atoms with Crippen molar-refractivity contribution in [1.29, 1.82) is 0 Å². The molecule has 0 radical (unpaired) electrons. The number of fused-ring (bicyclic) bond motifs is 1. The number of halogens is 2. The van der Waals surface area contributed by atoms with Crippen LogP contribution in [0.4, 0.5) is 10.1 Å². The summed E-state index contributed by atoms with van der Waals surface area (Å²) in [6, 6.07) is 10.6. The highest BCUT2D eigenvalue weighted by molar-refractivity contribution is 14.1. The summed E-state index contributed by atoms with van der Waals surface area (Å²) in [5, 5.41) is 0.981. The van der Waals surface area contributed by atoms with Crippen LogP contribution in [-0.2, 0) is 11.3 Å². The maximum absolute atomic E-state index is 13.5. The van der Waals surface area contributed by atoms with Crippen LogP contribution in [-0.4, -0.2) is 40.8 Å². The minimum atomic E-state index is -0.253. The monoisotopic (exact) mass is 530 g/mol. The summed E-state index contributed by atoms with van der Waals surface area (Å²) < 4.78 is 21.1. The highest BCUT2D eigenvalue weighted by atomic mass is 127. The van der Waals surface area contributed by atoms with Crippen LogP contribution in [0.2, 0.25) is 0 Å². The lowest BCUT2D eigenvalue weighted by molar-refractivity contribution is 0.122. The number of nitrogens with one attached hydrogen (secondary N) is 1. The van der Waals surface area contributed by atoms with Crippen molar-refractivity contribution >= 4 is 39.3 Å². The molecule has 0 aliphatic carbocycles. The van der Waals surface area contributed by atoms with Crippen molar-refractivity contribution in [3.8, 4) is 11.1 Å². The number of rotatable bonds is 4. The molecule has 31 heavy (non-hydrogen) atoms. The fourth-order valence-corrected chi connectivity index (χ4v) is 4.45. The molecule has 3 aromatic heterocycles. The topological polar surface area (TPSA) is 63.1 Å². The number of aromatic amines is 1. The summed E-state index contributed by atoms with van der Waals surface area (Å²) in [5.74, 6) is -0.253. The molecular formula is C23H20FIN4O2. The molecule has 1 fully saturated rings. The lowest BCUT2D eigenvalue weighted by Gasteiger charge is -2.28. The Balaban J connectivity index is 1.46. The van der Waals surface area contributed by atoms with Crippen LogP contribution < -0.4 is 10.5 Å². The molecule has 1 aromatic carbocycles. The lowest BCUT2D eigenvalue weighted by atomic mass is 10.1. The van der Waals surface area contributed by atoms with Crippen LogP contribution in [0, 0.1) is 9.39 Å². The van der Waals surface area contributed by atoms with Gasteiger partial charge in [0.25, 0.3) is 5.56 Å². The fourth-order valence-electron chi connectivity index (χ4n) is 3.87. The first kappa shape index (κ1) is 20.2. The molecule has 0 unspecified atom stereocenters. The second kappa shape index (κ2) is 8.43. The molecule has 1 aliphatic heterocycles. The quantitative estimate of drug-likeness (QED) is 0.405. The second-order valence-electron chi connectivity index (χ2n) is 7.52. The highest BCUT2D eigenvalue weighted by Gasteiger charge is 2.15. The zero-order valence-corrected chi connectivity index (χ0v) is 18.8. The number of pyridine rings is 2. The van der Waals surface area contributed by atoms with Gasteiger partial charge in [0.15, 0.2) is 0 Å².